The van der Waals surface area contributed by atoms with Crippen LogP contribution in [-0.4, -0.2) is 32.2 Å². The Hall–Kier alpha value is 0.150. The molecule has 0 atom stereocenters. The summed E-state index contributed by atoms with van der Waals surface area (Å²) in [5.74, 6) is 0. The second-order valence-corrected chi connectivity index (χ2v) is 4.00. The van der Waals surface area contributed by atoms with Crippen LogP contribution in [0, 0.1) is 0 Å². The Bertz CT molecular complexity index is 354. The molecule has 0 aliphatic heterocycles. The molecular formula is C8H14NNaO4S. The first-order chi connectivity index (χ1) is 6.67. The van der Waals surface area contributed by atoms with Gasteiger partial charge in [0.05, 0.1) is 13.2 Å². The van der Waals surface area contributed by atoms with Crippen molar-refractivity contribution in [3.8, 4) is 0 Å². The maximum absolute atomic E-state index is 11.3. The fraction of sp³-hybridized carbons (Fsp3) is 0.500. The van der Waals surface area contributed by atoms with Crippen molar-refractivity contribution in [2.45, 2.75) is 6.92 Å². The van der Waals surface area contributed by atoms with Gasteiger partial charge in [-0.05, 0) is 19.1 Å². The van der Waals surface area contributed by atoms with Crippen molar-refractivity contribution >= 4 is 10.3 Å². The number of ether oxygens (including phenoxy) is 1. The van der Waals surface area contributed by atoms with Crippen LogP contribution in [0.25, 0.3) is 0 Å². The van der Waals surface area contributed by atoms with E-state index in [0.717, 1.165) is 3.97 Å². The number of hydrogen-bond donors (Lipinski definition) is 0. The summed E-state index contributed by atoms with van der Waals surface area (Å²) in [6.07, 6.45) is 2.83. The Morgan fingerprint density at radius 3 is 2.40 bits per heavy atom. The van der Waals surface area contributed by atoms with E-state index in [9.17, 15) is 8.42 Å². The molecule has 15 heavy (non-hydrogen) atoms. The Balaban J connectivity index is 0. The third-order valence-corrected chi connectivity index (χ3v) is 2.72. The summed E-state index contributed by atoms with van der Waals surface area (Å²) in [4.78, 5) is 0. The monoisotopic (exact) mass is 243 g/mol. The van der Waals surface area contributed by atoms with Gasteiger partial charge in [-0.1, -0.05) is 0 Å². The molecule has 0 bridgehead atoms. The SMILES string of the molecule is CCOCCOS(=O)(=O)n1cccc1.[H-].[Na+]. The second kappa shape index (κ2) is 7.43. The maximum atomic E-state index is 11.3. The number of hydrogen-bond acceptors (Lipinski definition) is 4. The van der Waals surface area contributed by atoms with Gasteiger partial charge in [-0.3, -0.25) is 4.18 Å². The van der Waals surface area contributed by atoms with Gasteiger partial charge in [-0.25, -0.2) is 3.97 Å². The van der Waals surface area contributed by atoms with Gasteiger partial charge in [0.2, 0.25) is 0 Å². The first-order valence-electron chi connectivity index (χ1n) is 4.27. The molecule has 0 N–H and O–H groups in total. The van der Waals surface area contributed by atoms with E-state index >= 15 is 0 Å². The molecule has 1 rings (SSSR count). The van der Waals surface area contributed by atoms with E-state index in [-0.39, 0.29) is 44.2 Å². The molecule has 1 heterocycles. The van der Waals surface area contributed by atoms with E-state index in [1.54, 1.807) is 12.1 Å². The Labute approximate surface area is 113 Å². The van der Waals surface area contributed by atoms with Crippen molar-refractivity contribution < 1.29 is 48.3 Å². The molecule has 1 aromatic heterocycles. The first kappa shape index (κ1) is 15.2. The molecule has 0 aliphatic carbocycles. The van der Waals surface area contributed by atoms with Gasteiger partial charge < -0.3 is 6.16 Å². The zero-order valence-corrected chi connectivity index (χ0v) is 11.7. The van der Waals surface area contributed by atoms with Crippen LogP contribution in [0.1, 0.15) is 8.35 Å². The van der Waals surface area contributed by atoms with E-state index in [1.165, 1.54) is 12.4 Å². The minimum atomic E-state index is -3.66. The molecule has 0 amide bonds. The van der Waals surface area contributed by atoms with Gasteiger partial charge in [0.15, 0.2) is 0 Å². The summed E-state index contributed by atoms with van der Waals surface area (Å²) in [7, 11) is -3.66. The zero-order chi connectivity index (χ0) is 10.4. The van der Waals surface area contributed by atoms with E-state index < -0.39 is 10.3 Å². The van der Waals surface area contributed by atoms with Gasteiger partial charge in [0.1, 0.15) is 0 Å². The van der Waals surface area contributed by atoms with E-state index in [4.69, 9.17) is 4.74 Å². The summed E-state index contributed by atoms with van der Waals surface area (Å²) < 4.78 is 33.3. The van der Waals surface area contributed by atoms with Gasteiger partial charge in [0.25, 0.3) is 0 Å². The number of nitrogens with zero attached hydrogens (tertiary/aromatic N) is 1. The molecule has 82 valence electrons. The van der Waals surface area contributed by atoms with Gasteiger partial charge >= 0.3 is 39.9 Å². The number of aromatic nitrogens is 1. The van der Waals surface area contributed by atoms with Crippen LogP contribution >= 0.6 is 0 Å². The molecule has 0 saturated carbocycles. The smallest absolute Gasteiger partial charge is 1.00 e. The molecule has 0 radical (unpaired) electrons. The van der Waals surface area contributed by atoms with Crippen molar-refractivity contribution in [3.05, 3.63) is 24.5 Å². The molecule has 5 nitrogen and oxygen atoms in total. The molecule has 0 unspecified atom stereocenters. The minimum absolute atomic E-state index is 0. The largest absolute Gasteiger partial charge is 1.00 e. The van der Waals surface area contributed by atoms with Gasteiger partial charge in [-0.15, -0.1) is 0 Å². The molecule has 7 heteroatoms. The van der Waals surface area contributed by atoms with Crippen LogP contribution < -0.4 is 29.6 Å². The second-order valence-electron chi connectivity index (χ2n) is 2.49. The molecule has 0 fully saturated rings. The van der Waals surface area contributed by atoms with Crippen LogP contribution in [0.2, 0.25) is 0 Å². The Kier molecular flexibility index (Phi) is 7.50. The van der Waals surface area contributed by atoms with E-state index in [2.05, 4.69) is 4.18 Å². The molecule has 0 spiro atoms. The summed E-state index contributed by atoms with van der Waals surface area (Å²) in [6, 6.07) is 3.23. The van der Waals surface area contributed by atoms with Crippen molar-refractivity contribution in [1.29, 1.82) is 0 Å². The minimum Gasteiger partial charge on any atom is -1.00 e. The van der Waals surface area contributed by atoms with Crippen molar-refractivity contribution in [1.82, 2.24) is 3.97 Å². The molecule has 0 saturated heterocycles. The standard InChI is InChI=1S/C8H13NO4S.Na.H/c1-2-12-7-8-13-14(10,11)9-5-3-4-6-9;;/h3-6H,2,7-8H2,1H3;;/q;+1;-1. The molecule has 0 aromatic carbocycles. The first-order valence-corrected chi connectivity index (χ1v) is 5.64. The predicted molar refractivity (Wildman–Crippen MR) is 52.3 cm³/mol. The summed E-state index contributed by atoms with van der Waals surface area (Å²) in [5, 5.41) is 0. The normalized spacial score (nSPS) is 11.0. The van der Waals surface area contributed by atoms with Gasteiger partial charge in [-0.2, -0.15) is 8.42 Å². The van der Waals surface area contributed by atoms with Crippen molar-refractivity contribution in [2.75, 3.05) is 19.8 Å². The van der Waals surface area contributed by atoms with Crippen molar-refractivity contribution in [2.24, 2.45) is 0 Å². The summed E-state index contributed by atoms with van der Waals surface area (Å²) >= 11 is 0. The van der Waals surface area contributed by atoms with E-state index in [1.807, 2.05) is 6.92 Å². The van der Waals surface area contributed by atoms with Crippen LogP contribution in [0.5, 0.6) is 0 Å². The Morgan fingerprint density at radius 1 is 1.27 bits per heavy atom. The zero-order valence-electron chi connectivity index (χ0n) is 9.92. The molecule has 0 aliphatic rings. The maximum Gasteiger partial charge on any atom is 1.00 e. The summed E-state index contributed by atoms with van der Waals surface area (Å²) in [5.41, 5.74) is 0. The molecule has 1 aromatic rings. The van der Waals surface area contributed by atoms with Crippen LogP contribution in [0.4, 0.5) is 0 Å². The third kappa shape index (κ3) is 5.14. The topological polar surface area (TPSA) is 57.5 Å². The summed E-state index contributed by atoms with van der Waals surface area (Å²) in [6.45, 7) is 2.69. The van der Waals surface area contributed by atoms with Crippen LogP contribution in [0.3, 0.4) is 0 Å². The van der Waals surface area contributed by atoms with E-state index in [0.29, 0.717) is 6.61 Å². The Morgan fingerprint density at radius 2 is 1.87 bits per heavy atom. The van der Waals surface area contributed by atoms with Gasteiger partial charge in [0, 0.05) is 19.0 Å². The van der Waals surface area contributed by atoms with Crippen LogP contribution in [-0.2, 0) is 19.2 Å². The number of rotatable bonds is 6. The predicted octanol–water partition coefficient (Wildman–Crippen LogP) is -2.25. The van der Waals surface area contributed by atoms with Crippen LogP contribution in [0.15, 0.2) is 24.5 Å². The molecular weight excluding hydrogens is 229 g/mol. The average molecular weight is 243 g/mol. The average Bonchev–Trinajstić information content (AvgIpc) is 2.65. The van der Waals surface area contributed by atoms with Crippen molar-refractivity contribution in [3.63, 3.8) is 0 Å². The fourth-order valence-corrected chi connectivity index (χ4v) is 1.71. The fourth-order valence-electron chi connectivity index (χ4n) is 0.871. The third-order valence-electron chi connectivity index (χ3n) is 1.50. The quantitative estimate of drug-likeness (QED) is 0.418.